The first-order chi connectivity index (χ1) is 8.81. The van der Waals surface area contributed by atoms with E-state index < -0.39 is 0 Å². The van der Waals surface area contributed by atoms with Crippen molar-refractivity contribution in [3.63, 3.8) is 0 Å². The highest BCUT2D eigenvalue weighted by atomic mass is 16.1. The van der Waals surface area contributed by atoms with Crippen molar-refractivity contribution in [2.75, 3.05) is 0 Å². The fraction of sp³-hybridized carbons (Fsp3) is 0.588. The van der Waals surface area contributed by atoms with Crippen molar-refractivity contribution < 1.29 is 4.79 Å². The van der Waals surface area contributed by atoms with Gasteiger partial charge in [0.25, 0.3) is 0 Å². The van der Waals surface area contributed by atoms with Gasteiger partial charge >= 0.3 is 0 Å². The Kier molecular flexibility index (Phi) is 3.23. The van der Waals surface area contributed by atoms with Gasteiger partial charge in [-0.25, -0.2) is 0 Å². The maximum atomic E-state index is 11.9. The SMILES string of the molecule is CCCCC(=O)c1ccc(C2C3CCCC32)cc1. The van der Waals surface area contributed by atoms with Crippen LogP contribution in [0.4, 0.5) is 0 Å². The molecule has 2 aliphatic carbocycles. The molecule has 0 spiro atoms. The molecule has 3 rings (SSSR count). The molecule has 1 heteroatoms. The first-order valence-electron chi connectivity index (χ1n) is 7.44. The lowest BCUT2D eigenvalue weighted by Gasteiger charge is -2.05. The standard InChI is InChI=1S/C17H22O/c1-2-3-7-16(18)12-8-10-13(11-9-12)17-14-5-4-6-15(14)17/h8-11,14-15,17H,2-7H2,1H3. The van der Waals surface area contributed by atoms with Crippen LogP contribution in [0.5, 0.6) is 0 Å². The highest BCUT2D eigenvalue weighted by Crippen LogP contribution is 2.62. The van der Waals surface area contributed by atoms with E-state index in [1.165, 1.54) is 24.8 Å². The topological polar surface area (TPSA) is 17.1 Å². The van der Waals surface area contributed by atoms with Crippen LogP contribution in [0, 0.1) is 11.8 Å². The molecule has 0 amide bonds. The van der Waals surface area contributed by atoms with Crippen molar-refractivity contribution in [3.05, 3.63) is 35.4 Å². The first-order valence-corrected chi connectivity index (χ1v) is 7.44. The number of carbonyl (C=O) groups excluding carboxylic acids is 1. The van der Waals surface area contributed by atoms with Gasteiger partial charge < -0.3 is 0 Å². The molecule has 2 aliphatic rings. The Labute approximate surface area is 110 Å². The molecule has 0 radical (unpaired) electrons. The smallest absolute Gasteiger partial charge is 0.162 e. The molecule has 0 aliphatic heterocycles. The van der Waals surface area contributed by atoms with Crippen LogP contribution < -0.4 is 0 Å². The molecule has 0 saturated heterocycles. The van der Waals surface area contributed by atoms with E-state index in [9.17, 15) is 4.79 Å². The van der Waals surface area contributed by atoms with Crippen molar-refractivity contribution >= 4 is 5.78 Å². The van der Waals surface area contributed by atoms with E-state index in [4.69, 9.17) is 0 Å². The minimum absolute atomic E-state index is 0.305. The number of Topliss-reactive ketones (excluding diaryl/α,β-unsaturated/α-hetero) is 1. The number of fused-ring (bicyclic) bond motifs is 1. The first kappa shape index (κ1) is 12.0. The van der Waals surface area contributed by atoms with E-state index in [-0.39, 0.29) is 0 Å². The number of carbonyl (C=O) groups is 1. The highest BCUT2D eigenvalue weighted by Gasteiger charge is 2.52. The molecule has 2 saturated carbocycles. The summed E-state index contributed by atoms with van der Waals surface area (Å²) in [5, 5.41) is 0. The quantitative estimate of drug-likeness (QED) is 0.691. The highest BCUT2D eigenvalue weighted by molar-refractivity contribution is 5.96. The van der Waals surface area contributed by atoms with Crippen LogP contribution in [0.3, 0.4) is 0 Å². The van der Waals surface area contributed by atoms with Crippen molar-refractivity contribution in [2.24, 2.45) is 11.8 Å². The van der Waals surface area contributed by atoms with Gasteiger partial charge in [-0.1, -0.05) is 44.0 Å². The molecule has 18 heavy (non-hydrogen) atoms. The van der Waals surface area contributed by atoms with Crippen LogP contribution in [0.25, 0.3) is 0 Å². The fourth-order valence-corrected chi connectivity index (χ4v) is 3.69. The summed E-state index contributed by atoms with van der Waals surface area (Å²) in [5.41, 5.74) is 2.37. The van der Waals surface area contributed by atoms with Crippen LogP contribution in [0.15, 0.2) is 24.3 Å². The molecule has 0 heterocycles. The van der Waals surface area contributed by atoms with Gasteiger partial charge in [-0.2, -0.15) is 0 Å². The Bertz CT molecular complexity index is 421. The minimum atomic E-state index is 0.305. The van der Waals surface area contributed by atoms with E-state index in [0.717, 1.165) is 36.2 Å². The molecule has 2 atom stereocenters. The van der Waals surface area contributed by atoms with Gasteiger partial charge in [-0.15, -0.1) is 0 Å². The summed E-state index contributed by atoms with van der Waals surface area (Å²) >= 11 is 0. The number of hydrogen-bond donors (Lipinski definition) is 0. The third-order valence-electron chi connectivity index (χ3n) is 4.78. The Hall–Kier alpha value is -1.11. The second-order valence-electron chi connectivity index (χ2n) is 5.93. The van der Waals surface area contributed by atoms with Crippen LogP contribution in [0.2, 0.25) is 0 Å². The lowest BCUT2D eigenvalue weighted by molar-refractivity contribution is 0.0980. The van der Waals surface area contributed by atoms with Gasteiger partial charge in [0.2, 0.25) is 0 Å². The third-order valence-corrected chi connectivity index (χ3v) is 4.78. The lowest BCUT2D eigenvalue weighted by Crippen LogP contribution is -1.99. The Morgan fingerprint density at radius 3 is 2.44 bits per heavy atom. The second-order valence-corrected chi connectivity index (χ2v) is 5.93. The molecule has 0 aromatic heterocycles. The Balaban J connectivity index is 1.64. The van der Waals surface area contributed by atoms with E-state index in [1.807, 2.05) is 12.1 Å². The largest absolute Gasteiger partial charge is 0.294 e. The lowest BCUT2D eigenvalue weighted by atomic mass is 9.99. The van der Waals surface area contributed by atoms with Crippen molar-refractivity contribution in [1.82, 2.24) is 0 Å². The fourth-order valence-electron chi connectivity index (χ4n) is 3.69. The van der Waals surface area contributed by atoms with E-state index in [2.05, 4.69) is 19.1 Å². The zero-order valence-corrected chi connectivity index (χ0v) is 11.2. The maximum absolute atomic E-state index is 11.9. The zero-order valence-electron chi connectivity index (χ0n) is 11.2. The van der Waals surface area contributed by atoms with Crippen molar-refractivity contribution in [3.8, 4) is 0 Å². The summed E-state index contributed by atoms with van der Waals surface area (Å²) in [6.45, 7) is 2.13. The number of hydrogen-bond acceptors (Lipinski definition) is 1. The third kappa shape index (κ3) is 2.11. The number of benzene rings is 1. The summed E-state index contributed by atoms with van der Waals surface area (Å²) in [4.78, 5) is 11.9. The summed E-state index contributed by atoms with van der Waals surface area (Å²) in [7, 11) is 0. The van der Waals surface area contributed by atoms with E-state index >= 15 is 0 Å². The summed E-state index contributed by atoms with van der Waals surface area (Å²) in [6.07, 6.45) is 7.07. The molecular formula is C17H22O. The summed E-state index contributed by atoms with van der Waals surface area (Å²) < 4.78 is 0. The Morgan fingerprint density at radius 1 is 1.17 bits per heavy atom. The predicted octanol–water partition coefficient (Wildman–Crippen LogP) is 4.57. The zero-order chi connectivity index (χ0) is 12.5. The van der Waals surface area contributed by atoms with Gasteiger partial charge in [0.15, 0.2) is 5.78 Å². The monoisotopic (exact) mass is 242 g/mol. The molecule has 0 bridgehead atoms. The van der Waals surface area contributed by atoms with Gasteiger partial charge in [0.1, 0.15) is 0 Å². The van der Waals surface area contributed by atoms with Gasteiger partial charge in [0.05, 0.1) is 0 Å². The average Bonchev–Trinajstić information content (AvgIpc) is 2.88. The number of unbranched alkanes of at least 4 members (excludes halogenated alkanes) is 1. The maximum Gasteiger partial charge on any atom is 0.162 e. The summed E-state index contributed by atoms with van der Waals surface area (Å²) in [5.74, 6) is 3.05. The molecule has 1 nitrogen and oxygen atoms in total. The van der Waals surface area contributed by atoms with Gasteiger partial charge in [-0.05, 0) is 42.6 Å². The number of ketones is 1. The van der Waals surface area contributed by atoms with E-state index in [1.54, 1.807) is 0 Å². The van der Waals surface area contributed by atoms with Crippen LogP contribution in [-0.2, 0) is 0 Å². The van der Waals surface area contributed by atoms with Gasteiger partial charge in [0, 0.05) is 12.0 Å². The molecule has 2 unspecified atom stereocenters. The average molecular weight is 242 g/mol. The second kappa shape index (κ2) is 4.87. The van der Waals surface area contributed by atoms with Crippen molar-refractivity contribution in [1.29, 1.82) is 0 Å². The van der Waals surface area contributed by atoms with Crippen molar-refractivity contribution in [2.45, 2.75) is 51.4 Å². The van der Waals surface area contributed by atoms with E-state index in [0.29, 0.717) is 12.2 Å². The molecule has 2 fully saturated rings. The molecule has 1 aromatic carbocycles. The van der Waals surface area contributed by atoms with Crippen LogP contribution >= 0.6 is 0 Å². The normalized spacial score (nSPS) is 29.1. The Morgan fingerprint density at radius 2 is 1.83 bits per heavy atom. The predicted molar refractivity (Wildman–Crippen MR) is 73.9 cm³/mol. The molecular weight excluding hydrogens is 220 g/mol. The number of rotatable bonds is 5. The van der Waals surface area contributed by atoms with Crippen LogP contribution in [0.1, 0.15) is 67.3 Å². The molecule has 96 valence electrons. The summed E-state index contributed by atoms with van der Waals surface area (Å²) in [6, 6.07) is 8.48. The van der Waals surface area contributed by atoms with Crippen LogP contribution in [-0.4, -0.2) is 5.78 Å². The molecule has 1 aromatic rings. The van der Waals surface area contributed by atoms with Gasteiger partial charge in [-0.3, -0.25) is 4.79 Å². The minimum Gasteiger partial charge on any atom is -0.294 e. The molecule has 0 N–H and O–H groups in total.